The zero-order valence-corrected chi connectivity index (χ0v) is 8.13. The number of hydrogen-bond acceptors (Lipinski definition) is 3. The smallest absolute Gasteiger partial charge is 0.0781 e. The molecule has 14 heavy (non-hydrogen) atoms. The van der Waals surface area contributed by atoms with E-state index in [1.54, 1.807) is 7.11 Å². The van der Waals surface area contributed by atoms with Gasteiger partial charge in [0, 0.05) is 12.5 Å². The van der Waals surface area contributed by atoms with Crippen LogP contribution in [-0.4, -0.2) is 39.6 Å². The lowest BCUT2D eigenvalue weighted by Gasteiger charge is -2.37. The van der Waals surface area contributed by atoms with Gasteiger partial charge in [0.25, 0.3) is 0 Å². The quantitative estimate of drug-likeness (QED) is 0.650. The summed E-state index contributed by atoms with van der Waals surface area (Å²) in [6.45, 7) is 7.76. The van der Waals surface area contributed by atoms with Crippen LogP contribution in [0.4, 0.5) is 0 Å². The second-order valence-corrected chi connectivity index (χ2v) is 3.88. The molecule has 3 nitrogen and oxygen atoms in total. The molecule has 2 fully saturated rings. The normalized spacial score (nSPS) is 25.5. The summed E-state index contributed by atoms with van der Waals surface area (Å²) in [5.74, 6) is 0. The molecule has 2 saturated heterocycles. The summed E-state index contributed by atoms with van der Waals surface area (Å²) in [4.78, 5) is 0. The van der Waals surface area contributed by atoms with E-state index in [-0.39, 0.29) is 14.9 Å². The molecule has 2 aliphatic rings. The average Bonchev–Trinajstić information content (AvgIpc) is 2.70. The van der Waals surface area contributed by atoms with E-state index in [1.807, 2.05) is 0 Å². The van der Waals surface area contributed by atoms with Gasteiger partial charge in [0.15, 0.2) is 0 Å². The van der Waals surface area contributed by atoms with Gasteiger partial charge in [-0.25, -0.2) is 0 Å². The van der Waals surface area contributed by atoms with E-state index in [0.29, 0.717) is 11.5 Å². The molecule has 0 bridgehead atoms. The standard InChI is InChI=1S/C6H12O2.C3H6O.2CH4/c1-6(3-7-2)4-8-5-6;1-3-2-4-3;;/h3-5H2,1-2H3;3H,2H2,1H3;2*1H4. The summed E-state index contributed by atoms with van der Waals surface area (Å²) in [7, 11) is 1.73. The SMILES string of the molecule is C.C.CC1CO1.COCC1(C)COC1. The lowest BCUT2D eigenvalue weighted by molar-refractivity contribution is -0.131. The Hall–Kier alpha value is -0.120. The van der Waals surface area contributed by atoms with Gasteiger partial charge in [-0.3, -0.25) is 0 Å². The van der Waals surface area contributed by atoms with Gasteiger partial charge in [0.1, 0.15) is 0 Å². The maximum atomic E-state index is 5.01. The fraction of sp³-hybridized carbons (Fsp3) is 1.00. The second kappa shape index (κ2) is 7.21. The number of rotatable bonds is 2. The Kier molecular flexibility index (Phi) is 8.40. The lowest BCUT2D eigenvalue weighted by Crippen LogP contribution is -2.43. The molecule has 3 heteroatoms. The van der Waals surface area contributed by atoms with Crippen molar-refractivity contribution in [3.05, 3.63) is 0 Å². The average molecular weight is 206 g/mol. The van der Waals surface area contributed by atoms with Gasteiger partial charge in [-0.15, -0.1) is 0 Å². The van der Waals surface area contributed by atoms with Gasteiger partial charge < -0.3 is 14.2 Å². The molecule has 2 aliphatic heterocycles. The van der Waals surface area contributed by atoms with Crippen LogP contribution in [0.15, 0.2) is 0 Å². The Morgan fingerprint density at radius 3 is 1.86 bits per heavy atom. The molecule has 1 unspecified atom stereocenters. The fourth-order valence-corrected chi connectivity index (χ4v) is 0.979. The summed E-state index contributed by atoms with van der Waals surface area (Å²) in [6, 6.07) is 0. The molecule has 88 valence electrons. The highest BCUT2D eigenvalue weighted by atomic mass is 16.6. The van der Waals surface area contributed by atoms with Crippen LogP contribution in [0.3, 0.4) is 0 Å². The predicted octanol–water partition coefficient (Wildman–Crippen LogP) is 2.35. The first-order chi connectivity index (χ1) is 5.66. The molecule has 0 aromatic rings. The molecule has 0 aliphatic carbocycles. The molecule has 2 heterocycles. The minimum Gasteiger partial charge on any atom is -0.384 e. The van der Waals surface area contributed by atoms with Gasteiger partial charge in [0.2, 0.25) is 0 Å². The van der Waals surface area contributed by atoms with Crippen LogP contribution in [0.2, 0.25) is 0 Å². The lowest BCUT2D eigenvalue weighted by atomic mass is 9.90. The molecule has 0 spiro atoms. The molecule has 0 aromatic carbocycles. The topological polar surface area (TPSA) is 31.0 Å². The minimum atomic E-state index is 0. The zero-order chi connectivity index (χ0) is 9.03. The van der Waals surface area contributed by atoms with E-state index >= 15 is 0 Å². The number of hydrogen-bond donors (Lipinski definition) is 0. The molecule has 0 aromatic heterocycles. The first-order valence-corrected chi connectivity index (χ1v) is 4.34. The number of epoxide rings is 1. The van der Waals surface area contributed by atoms with Crippen LogP contribution in [-0.2, 0) is 14.2 Å². The van der Waals surface area contributed by atoms with Crippen molar-refractivity contribution in [2.24, 2.45) is 5.41 Å². The van der Waals surface area contributed by atoms with E-state index in [1.165, 1.54) is 0 Å². The largest absolute Gasteiger partial charge is 0.384 e. The van der Waals surface area contributed by atoms with Crippen molar-refractivity contribution in [1.29, 1.82) is 0 Å². The number of ether oxygens (including phenoxy) is 3. The summed E-state index contributed by atoms with van der Waals surface area (Å²) < 4.78 is 14.7. The molecule has 0 amide bonds. The first kappa shape index (κ1) is 16.3. The fourth-order valence-electron chi connectivity index (χ4n) is 0.979. The van der Waals surface area contributed by atoms with E-state index in [9.17, 15) is 0 Å². The monoisotopic (exact) mass is 206 g/mol. The van der Waals surface area contributed by atoms with Crippen molar-refractivity contribution in [2.75, 3.05) is 33.5 Å². The van der Waals surface area contributed by atoms with Crippen molar-refractivity contribution in [3.63, 3.8) is 0 Å². The van der Waals surface area contributed by atoms with Gasteiger partial charge >= 0.3 is 0 Å². The summed E-state index contributed by atoms with van der Waals surface area (Å²) in [6.07, 6.45) is 0.583. The molecular formula is C11H26O3. The summed E-state index contributed by atoms with van der Waals surface area (Å²) in [5.41, 5.74) is 0.328. The molecule has 1 atom stereocenters. The second-order valence-electron chi connectivity index (χ2n) is 3.88. The molecule has 0 N–H and O–H groups in total. The maximum absolute atomic E-state index is 5.01. The van der Waals surface area contributed by atoms with Crippen LogP contribution in [0, 0.1) is 5.41 Å². The van der Waals surface area contributed by atoms with Crippen LogP contribution < -0.4 is 0 Å². The van der Waals surface area contributed by atoms with Crippen molar-refractivity contribution < 1.29 is 14.2 Å². The van der Waals surface area contributed by atoms with Crippen molar-refractivity contribution >= 4 is 0 Å². The van der Waals surface area contributed by atoms with E-state index < -0.39 is 0 Å². The molecular weight excluding hydrogens is 180 g/mol. The highest BCUT2D eigenvalue weighted by molar-refractivity contribution is 4.79. The van der Waals surface area contributed by atoms with E-state index in [4.69, 9.17) is 14.2 Å². The Morgan fingerprint density at radius 1 is 1.36 bits per heavy atom. The molecule has 0 radical (unpaired) electrons. The van der Waals surface area contributed by atoms with E-state index in [2.05, 4.69) is 13.8 Å². The third-order valence-corrected chi connectivity index (χ3v) is 1.89. The van der Waals surface area contributed by atoms with Gasteiger partial charge in [-0.1, -0.05) is 21.8 Å². The maximum Gasteiger partial charge on any atom is 0.0781 e. The minimum absolute atomic E-state index is 0. The van der Waals surface area contributed by atoms with Gasteiger partial charge in [-0.2, -0.15) is 0 Å². The first-order valence-electron chi connectivity index (χ1n) is 4.34. The summed E-state index contributed by atoms with van der Waals surface area (Å²) >= 11 is 0. The van der Waals surface area contributed by atoms with Crippen LogP contribution in [0.1, 0.15) is 28.7 Å². The Labute approximate surface area is 88.7 Å². The Balaban J connectivity index is 0. The van der Waals surface area contributed by atoms with Gasteiger partial charge in [0.05, 0.1) is 32.5 Å². The van der Waals surface area contributed by atoms with E-state index in [0.717, 1.165) is 26.4 Å². The Morgan fingerprint density at radius 2 is 1.79 bits per heavy atom. The third-order valence-electron chi connectivity index (χ3n) is 1.89. The van der Waals surface area contributed by atoms with Gasteiger partial charge in [-0.05, 0) is 6.92 Å². The number of methoxy groups -OCH3 is 1. The Bertz CT molecular complexity index is 128. The van der Waals surface area contributed by atoms with Crippen molar-refractivity contribution in [1.82, 2.24) is 0 Å². The predicted molar refractivity (Wildman–Crippen MR) is 59.7 cm³/mol. The molecule has 0 saturated carbocycles. The van der Waals surface area contributed by atoms with Crippen molar-refractivity contribution in [3.8, 4) is 0 Å². The zero-order valence-electron chi connectivity index (χ0n) is 8.13. The van der Waals surface area contributed by atoms with Crippen molar-refractivity contribution in [2.45, 2.75) is 34.8 Å². The highest BCUT2D eigenvalue weighted by Crippen LogP contribution is 2.25. The van der Waals surface area contributed by atoms with Crippen LogP contribution in [0.5, 0.6) is 0 Å². The highest BCUT2D eigenvalue weighted by Gasteiger charge is 2.32. The summed E-state index contributed by atoms with van der Waals surface area (Å²) in [5, 5.41) is 0. The van der Waals surface area contributed by atoms with Crippen LogP contribution >= 0.6 is 0 Å². The third kappa shape index (κ3) is 6.35. The molecule has 2 rings (SSSR count). The van der Waals surface area contributed by atoms with Crippen LogP contribution in [0.25, 0.3) is 0 Å².